The third kappa shape index (κ3) is 8.23. The van der Waals surface area contributed by atoms with Gasteiger partial charge in [-0.05, 0) is 86.0 Å². The molecule has 190 valence electrons. The van der Waals surface area contributed by atoms with Crippen LogP contribution in [0, 0.1) is 5.92 Å². The van der Waals surface area contributed by atoms with Crippen LogP contribution < -0.4 is 14.9 Å². The number of nitrogens with zero attached hydrogens (tertiary/aromatic N) is 2. The topological polar surface area (TPSA) is 90.1 Å². The van der Waals surface area contributed by atoms with Gasteiger partial charge < -0.3 is 10.3 Å². The first-order chi connectivity index (χ1) is 17.3. The van der Waals surface area contributed by atoms with E-state index in [1.54, 1.807) is 43.7 Å². The third-order valence-corrected chi connectivity index (χ3v) is 8.03. The third-order valence-electron chi connectivity index (χ3n) is 5.38. The average Bonchev–Trinajstić information content (AvgIpc) is 3.28. The van der Waals surface area contributed by atoms with E-state index >= 15 is 0 Å². The lowest BCUT2D eigenvalue weighted by molar-refractivity contribution is -0.106. The Balaban J connectivity index is 1.60. The van der Waals surface area contributed by atoms with Crippen molar-refractivity contribution in [2.24, 2.45) is 5.92 Å². The Morgan fingerprint density at radius 2 is 2.06 bits per heavy atom. The Hall–Kier alpha value is -2.59. The zero-order chi connectivity index (χ0) is 26.1. The van der Waals surface area contributed by atoms with Crippen molar-refractivity contribution < 1.29 is 9.59 Å². The van der Waals surface area contributed by atoms with Gasteiger partial charge in [0, 0.05) is 28.3 Å². The number of H-pyrrole nitrogens is 1. The van der Waals surface area contributed by atoms with Crippen LogP contribution >= 0.6 is 46.9 Å². The summed E-state index contributed by atoms with van der Waals surface area (Å²) in [6.07, 6.45) is 11.4. The molecular formula is C25H27Cl2N5O2S2. The van der Waals surface area contributed by atoms with Crippen molar-refractivity contribution in [3.63, 3.8) is 0 Å². The molecule has 1 atom stereocenters. The van der Waals surface area contributed by atoms with Gasteiger partial charge in [-0.15, -0.1) is 0 Å². The van der Waals surface area contributed by atoms with Gasteiger partial charge in [-0.3, -0.25) is 14.4 Å². The number of aromatic nitrogens is 2. The molecule has 1 aromatic carbocycles. The highest BCUT2D eigenvalue weighted by molar-refractivity contribution is 8.24. The summed E-state index contributed by atoms with van der Waals surface area (Å²) in [6.45, 7) is 7.68. The van der Waals surface area contributed by atoms with Crippen LogP contribution in [-0.4, -0.2) is 22.4 Å². The first-order valence-corrected chi connectivity index (χ1v) is 13.5. The second-order valence-electron chi connectivity index (χ2n) is 8.02. The normalized spacial score (nSPS) is 17.7. The van der Waals surface area contributed by atoms with E-state index in [4.69, 9.17) is 23.2 Å². The molecule has 1 unspecified atom stereocenters. The minimum Gasteiger partial charge on any atom is -0.348 e. The molecule has 0 saturated carbocycles. The Bertz CT molecular complexity index is 1190. The lowest BCUT2D eigenvalue weighted by atomic mass is 9.91. The highest BCUT2D eigenvalue weighted by atomic mass is 35.5. The number of hydrogen-bond donors (Lipinski definition) is 3. The number of aromatic amines is 1. The molecule has 3 amide bonds. The zero-order valence-corrected chi connectivity index (χ0v) is 23.0. The van der Waals surface area contributed by atoms with Crippen LogP contribution in [0.15, 0.2) is 68.7 Å². The van der Waals surface area contributed by atoms with E-state index in [1.165, 1.54) is 4.90 Å². The molecule has 0 radical (unpaired) electrons. The van der Waals surface area contributed by atoms with Gasteiger partial charge in [0.05, 0.1) is 20.6 Å². The number of amides is 3. The standard InChI is InChI=1S/C25H27Cl2N5O2S2/c1-16-5-4-6-22-23(29-14-28-22)13-19(16)11-12-32(15-33)21-9-7-20(8-10-21)30-25(34)31-36-18(3)35-24(27)17(2)26/h7-16H,3-6H2,1-2H3,(H,28,29)(H2,30,31,34)/b12-11-,19-13-,24-17+. The van der Waals surface area contributed by atoms with E-state index in [2.05, 4.69) is 39.6 Å². The number of hydrogen-bond acceptors (Lipinski definition) is 5. The summed E-state index contributed by atoms with van der Waals surface area (Å²) < 4.78 is 3.59. The summed E-state index contributed by atoms with van der Waals surface area (Å²) in [6, 6.07) is 6.53. The SMILES string of the molecule is C=C(SNC(=O)Nc1ccc(N(C=O)/C=C\C2=C\c3nc[nH]c3CCCC2C)cc1)S/C(Cl)=C(\C)Cl. The minimum absolute atomic E-state index is 0.350. The maximum atomic E-state index is 12.2. The molecule has 1 heterocycles. The number of fused-ring (bicyclic) bond motifs is 1. The minimum atomic E-state index is -0.424. The molecule has 3 rings (SSSR count). The van der Waals surface area contributed by atoms with E-state index in [1.807, 2.05) is 6.08 Å². The fourth-order valence-electron chi connectivity index (χ4n) is 3.44. The predicted octanol–water partition coefficient (Wildman–Crippen LogP) is 7.58. The summed E-state index contributed by atoms with van der Waals surface area (Å²) in [5.74, 6) is 0.350. The van der Waals surface area contributed by atoms with E-state index in [9.17, 15) is 9.59 Å². The van der Waals surface area contributed by atoms with Gasteiger partial charge in [0.25, 0.3) is 0 Å². The van der Waals surface area contributed by atoms with Crippen LogP contribution in [0.3, 0.4) is 0 Å². The molecule has 7 nitrogen and oxygen atoms in total. The number of carbonyl (C=O) groups excluding carboxylic acids is 2. The van der Waals surface area contributed by atoms with Gasteiger partial charge in [-0.25, -0.2) is 9.78 Å². The number of nitrogens with one attached hydrogen (secondary N) is 3. The van der Waals surface area contributed by atoms with Crippen molar-refractivity contribution in [3.8, 4) is 0 Å². The highest BCUT2D eigenvalue weighted by Gasteiger charge is 2.14. The van der Waals surface area contributed by atoms with Gasteiger partial charge in [-0.2, -0.15) is 0 Å². The molecule has 0 bridgehead atoms. The number of thioether (sulfide) groups is 1. The number of halogens is 2. The zero-order valence-electron chi connectivity index (χ0n) is 19.9. The molecule has 0 aliphatic heterocycles. The fraction of sp³-hybridized carbons (Fsp3) is 0.240. The van der Waals surface area contributed by atoms with Crippen LogP contribution in [0.5, 0.6) is 0 Å². The molecule has 2 aromatic rings. The molecule has 0 fully saturated rings. The largest absolute Gasteiger partial charge is 0.348 e. The summed E-state index contributed by atoms with van der Waals surface area (Å²) in [5.41, 5.74) is 4.44. The summed E-state index contributed by atoms with van der Waals surface area (Å²) in [5, 5.41) is 3.18. The summed E-state index contributed by atoms with van der Waals surface area (Å²) >= 11 is 14.0. The van der Waals surface area contributed by atoms with E-state index in [0.29, 0.717) is 30.9 Å². The number of imidazole rings is 1. The van der Waals surface area contributed by atoms with Crippen LogP contribution in [0.2, 0.25) is 0 Å². The molecule has 1 aliphatic carbocycles. The Morgan fingerprint density at radius 3 is 2.75 bits per heavy atom. The van der Waals surface area contributed by atoms with Crippen LogP contribution in [0.25, 0.3) is 6.08 Å². The van der Waals surface area contributed by atoms with Crippen molar-refractivity contribution in [1.82, 2.24) is 14.7 Å². The monoisotopic (exact) mass is 563 g/mol. The maximum absolute atomic E-state index is 12.2. The summed E-state index contributed by atoms with van der Waals surface area (Å²) in [4.78, 5) is 33.1. The van der Waals surface area contributed by atoms with Crippen molar-refractivity contribution in [1.29, 1.82) is 0 Å². The Morgan fingerprint density at radius 1 is 1.31 bits per heavy atom. The van der Waals surface area contributed by atoms with Gasteiger partial charge in [-0.1, -0.05) is 48.5 Å². The first-order valence-electron chi connectivity index (χ1n) is 11.1. The lowest BCUT2D eigenvalue weighted by Gasteiger charge is -2.18. The molecule has 11 heteroatoms. The quantitative estimate of drug-likeness (QED) is 0.216. The highest BCUT2D eigenvalue weighted by Crippen LogP contribution is 2.36. The average molecular weight is 565 g/mol. The smallest absolute Gasteiger partial charge is 0.329 e. The number of allylic oxidation sites excluding steroid dienone is 3. The van der Waals surface area contributed by atoms with E-state index in [0.717, 1.165) is 66.3 Å². The van der Waals surface area contributed by atoms with Gasteiger partial charge in [0.1, 0.15) is 0 Å². The van der Waals surface area contributed by atoms with Crippen molar-refractivity contribution in [2.45, 2.75) is 33.1 Å². The second kappa shape index (κ2) is 13.6. The van der Waals surface area contributed by atoms with E-state index in [-0.39, 0.29) is 0 Å². The van der Waals surface area contributed by atoms with Crippen molar-refractivity contribution >= 4 is 76.8 Å². The van der Waals surface area contributed by atoms with E-state index < -0.39 is 6.03 Å². The van der Waals surface area contributed by atoms with Crippen LogP contribution in [-0.2, 0) is 11.2 Å². The van der Waals surface area contributed by atoms with Crippen LogP contribution in [0.4, 0.5) is 16.2 Å². The first kappa shape index (κ1) is 28.0. The Kier molecular flexibility index (Phi) is 10.6. The lowest BCUT2D eigenvalue weighted by Crippen LogP contribution is -2.22. The number of benzene rings is 1. The predicted molar refractivity (Wildman–Crippen MR) is 154 cm³/mol. The van der Waals surface area contributed by atoms with Gasteiger partial charge in [0.2, 0.25) is 6.41 Å². The number of aryl methyl sites for hydroxylation is 1. The number of anilines is 2. The van der Waals surface area contributed by atoms with Crippen molar-refractivity contribution in [2.75, 3.05) is 10.2 Å². The number of carbonyl (C=O) groups is 2. The Labute approximate surface area is 229 Å². The molecular weight excluding hydrogens is 537 g/mol. The van der Waals surface area contributed by atoms with Gasteiger partial charge >= 0.3 is 6.03 Å². The van der Waals surface area contributed by atoms with Gasteiger partial charge in [0.15, 0.2) is 0 Å². The number of urea groups is 1. The summed E-state index contributed by atoms with van der Waals surface area (Å²) in [7, 11) is 0. The number of rotatable bonds is 9. The second-order valence-corrected chi connectivity index (χ2v) is 11.5. The van der Waals surface area contributed by atoms with Crippen LogP contribution in [0.1, 0.15) is 38.1 Å². The molecule has 3 N–H and O–H groups in total. The fourth-order valence-corrected chi connectivity index (χ4v) is 5.11. The maximum Gasteiger partial charge on any atom is 0.329 e. The van der Waals surface area contributed by atoms with Crippen molar-refractivity contribution in [3.05, 3.63) is 80.0 Å². The molecule has 0 saturated heterocycles. The molecule has 0 spiro atoms. The molecule has 1 aromatic heterocycles. The molecule has 36 heavy (non-hydrogen) atoms. The molecule has 1 aliphatic rings.